The fourth-order valence-corrected chi connectivity index (χ4v) is 9.99. The third kappa shape index (κ3) is 4.58. The van der Waals surface area contributed by atoms with Gasteiger partial charge in [0.05, 0.1) is 5.69 Å². The van der Waals surface area contributed by atoms with Crippen LogP contribution in [-0.4, -0.2) is 0 Å². The lowest BCUT2D eigenvalue weighted by molar-refractivity contribution is 0.660. The molecule has 0 N–H and O–H groups in total. The molecule has 0 unspecified atom stereocenters. The van der Waals surface area contributed by atoms with Crippen molar-refractivity contribution in [2.75, 3.05) is 4.90 Å². The smallest absolute Gasteiger partial charge is 0.160 e. The third-order valence-electron chi connectivity index (χ3n) is 11.5. The summed E-state index contributed by atoms with van der Waals surface area (Å²) in [6, 6.07) is 64.0. The Morgan fingerprint density at radius 2 is 1.11 bits per heavy atom. The first-order chi connectivity index (χ1) is 26.5. The van der Waals surface area contributed by atoms with E-state index in [0.717, 1.165) is 44.7 Å². The summed E-state index contributed by atoms with van der Waals surface area (Å²) in [6.45, 7) is 4.71. The minimum Gasteiger partial charge on any atom is -0.454 e. The van der Waals surface area contributed by atoms with Gasteiger partial charge >= 0.3 is 0 Å². The van der Waals surface area contributed by atoms with Gasteiger partial charge in [0.1, 0.15) is 5.58 Å². The first kappa shape index (κ1) is 31.1. The fraction of sp³-hybridized carbons (Fsp3) is 0.0588. The van der Waals surface area contributed by atoms with Gasteiger partial charge in [0.15, 0.2) is 5.58 Å². The molecule has 2 nitrogen and oxygen atoms in total. The van der Waals surface area contributed by atoms with Crippen LogP contribution in [0.5, 0.6) is 0 Å². The number of fused-ring (bicyclic) bond motifs is 10. The number of hydrogen-bond acceptors (Lipinski definition) is 3. The van der Waals surface area contributed by atoms with Crippen molar-refractivity contribution in [3.63, 3.8) is 0 Å². The van der Waals surface area contributed by atoms with Gasteiger partial charge in [-0.25, -0.2) is 0 Å². The fourth-order valence-electron chi connectivity index (χ4n) is 8.88. The Morgan fingerprint density at radius 1 is 0.463 bits per heavy atom. The highest BCUT2D eigenvalue weighted by Gasteiger charge is 2.36. The lowest BCUT2D eigenvalue weighted by Crippen LogP contribution is -2.17. The molecule has 0 spiro atoms. The Kier molecular flexibility index (Phi) is 6.80. The molecule has 1 aliphatic carbocycles. The molecule has 0 radical (unpaired) electrons. The molecule has 0 fully saturated rings. The predicted molar refractivity (Wildman–Crippen MR) is 230 cm³/mol. The van der Waals surface area contributed by atoms with Crippen molar-refractivity contribution in [2.45, 2.75) is 19.3 Å². The molecule has 3 heteroatoms. The van der Waals surface area contributed by atoms with E-state index in [9.17, 15) is 0 Å². The van der Waals surface area contributed by atoms with Crippen LogP contribution < -0.4 is 4.90 Å². The summed E-state index contributed by atoms with van der Waals surface area (Å²) in [5, 5.41) is 4.83. The van der Waals surface area contributed by atoms with E-state index < -0.39 is 0 Å². The molecule has 11 rings (SSSR count). The van der Waals surface area contributed by atoms with Crippen molar-refractivity contribution in [1.29, 1.82) is 0 Å². The van der Waals surface area contributed by atoms with Gasteiger partial charge in [-0.1, -0.05) is 141 Å². The summed E-state index contributed by atoms with van der Waals surface area (Å²) >= 11 is 1.85. The van der Waals surface area contributed by atoms with Crippen LogP contribution in [0, 0.1) is 0 Å². The summed E-state index contributed by atoms with van der Waals surface area (Å²) in [5.41, 5.74) is 14.8. The van der Waals surface area contributed by atoms with Crippen LogP contribution in [-0.2, 0) is 5.41 Å². The SMILES string of the molecule is CC1(C)c2ccccc2-c2ccc(N(c3ccc(-c4ccccc4)cc3)c3c(-c4ccccc4)ccc4c3oc3ccc5sc6ccccc6c5c34)cc21. The topological polar surface area (TPSA) is 16.4 Å². The van der Waals surface area contributed by atoms with Crippen molar-refractivity contribution in [3.05, 3.63) is 187 Å². The highest BCUT2D eigenvalue weighted by molar-refractivity contribution is 7.26. The van der Waals surface area contributed by atoms with Gasteiger partial charge in [-0.3, -0.25) is 0 Å². The summed E-state index contributed by atoms with van der Waals surface area (Å²) in [5.74, 6) is 0. The molecule has 2 aromatic heterocycles. The first-order valence-electron chi connectivity index (χ1n) is 18.6. The number of thiophene rings is 1. The molecule has 0 atom stereocenters. The van der Waals surface area contributed by atoms with Crippen LogP contribution >= 0.6 is 11.3 Å². The van der Waals surface area contributed by atoms with E-state index in [1.807, 2.05) is 11.3 Å². The van der Waals surface area contributed by atoms with E-state index in [1.54, 1.807) is 0 Å². The molecular weight excluding hydrogens is 675 g/mol. The minimum absolute atomic E-state index is 0.149. The normalized spacial score (nSPS) is 13.1. The summed E-state index contributed by atoms with van der Waals surface area (Å²) < 4.78 is 9.70. The zero-order valence-corrected chi connectivity index (χ0v) is 30.8. The van der Waals surface area contributed by atoms with Crippen LogP contribution in [0.3, 0.4) is 0 Å². The van der Waals surface area contributed by atoms with Gasteiger partial charge in [-0.2, -0.15) is 0 Å². The van der Waals surface area contributed by atoms with Gasteiger partial charge in [-0.05, 0) is 87.5 Å². The monoisotopic (exact) mass is 709 g/mol. The first-order valence-corrected chi connectivity index (χ1v) is 19.4. The highest BCUT2D eigenvalue weighted by atomic mass is 32.1. The predicted octanol–water partition coefficient (Wildman–Crippen LogP) is 15.1. The summed E-state index contributed by atoms with van der Waals surface area (Å²) in [4.78, 5) is 2.43. The maximum absolute atomic E-state index is 7.14. The largest absolute Gasteiger partial charge is 0.454 e. The van der Waals surface area contributed by atoms with Gasteiger partial charge in [0.2, 0.25) is 0 Å². The Balaban J connectivity index is 1.23. The average molecular weight is 710 g/mol. The van der Waals surface area contributed by atoms with E-state index in [2.05, 4.69) is 195 Å². The molecule has 54 heavy (non-hydrogen) atoms. The second-order valence-electron chi connectivity index (χ2n) is 14.9. The number of furan rings is 1. The number of anilines is 3. The number of rotatable bonds is 5. The van der Waals surface area contributed by atoms with E-state index >= 15 is 0 Å². The van der Waals surface area contributed by atoms with Crippen molar-refractivity contribution < 1.29 is 4.42 Å². The molecule has 1 aliphatic rings. The summed E-state index contributed by atoms with van der Waals surface area (Å²) in [6.07, 6.45) is 0. The van der Waals surface area contributed by atoms with Crippen molar-refractivity contribution in [3.8, 4) is 33.4 Å². The molecule has 0 saturated heterocycles. The van der Waals surface area contributed by atoms with Gasteiger partial charge in [0.25, 0.3) is 0 Å². The van der Waals surface area contributed by atoms with E-state index in [4.69, 9.17) is 4.42 Å². The summed E-state index contributed by atoms with van der Waals surface area (Å²) in [7, 11) is 0. The van der Waals surface area contributed by atoms with Crippen LogP contribution in [0.15, 0.2) is 180 Å². The van der Waals surface area contributed by atoms with Crippen molar-refractivity contribution in [2.24, 2.45) is 0 Å². The Labute approximate surface area is 318 Å². The van der Waals surface area contributed by atoms with Crippen LogP contribution in [0.2, 0.25) is 0 Å². The van der Waals surface area contributed by atoms with E-state index in [1.165, 1.54) is 58.9 Å². The lowest BCUT2D eigenvalue weighted by atomic mass is 9.82. The maximum Gasteiger partial charge on any atom is 0.160 e. The molecule has 0 saturated carbocycles. The van der Waals surface area contributed by atoms with Crippen LogP contribution in [0.25, 0.3) is 75.5 Å². The third-order valence-corrected chi connectivity index (χ3v) is 12.6. The zero-order valence-electron chi connectivity index (χ0n) is 30.0. The number of benzene rings is 8. The maximum atomic E-state index is 7.14. The number of nitrogens with zero attached hydrogens (tertiary/aromatic N) is 1. The Morgan fingerprint density at radius 3 is 1.93 bits per heavy atom. The zero-order chi connectivity index (χ0) is 36.0. The molecular formula is C51H35NOS. The molecule has 0 bridgehead atoms. The molecule has 0 aliphatic heterocycles. The van der Waals surface area contributed by atoms with Crippen LogP contribution in [0.4, 0.5) is 17.1 Å². The quantitative estimate of drug-likeness (QED) is 0.177. The number of hydrogen-bond donors (Lipinski definition) is 0. The van der Waals surface area contributed by atoms with E-state index in [0.29, 0.717) is 0 Å². The molecule has 2 heterocycles. The average Bonchev–Trinajstić information content (AvgIpc) is 3.87. The molecule has 256 valence electrons. The second-order valence-corrected chi connectivity index (χ2v) is 15.9. The minimum atomic E-state index is -0.149. The van der Waals surface area contributed by atoms with Crippen molar-refractivity contribution >= 4 is 70.5 Å². The highest BCUT2D eigenvalue weighted by Crippen LogP contribution is 2.53. The van der Waals surface area contributed by atoms with Gasteiger partial charge in [-0.15, -0.1) is 11.3 Å². The van der Waals surface area contributed by atoms with Crippen molar-refractivity contribution in [1.82, 2.24) is 0 Å². The van der Waals surface area contributed by atoms with Crippen LogP contribution in [0.1, 0.15) is 25.0 Å². The molecule has 8 aromatic carbocycles. The van der Waals surface area contributed by atoms with E-state index in [-0.39, 0.29) is 5.41 Å². The Hall–Kier alpha value is -6.42. The standard InChI is InChI=1S/C51H35NOS/c1-51(2)42-19-11-9-17-38(42)39-26-25-36(31-43(39)51)52(35-23-21-33(22-24-35)32-13-5-3-6-14-32)49-37(34-15-7-4-8-16-34)27-28-41-47-44(53-50(41)49)29-30-46-48(47)40-18-10-12-20-45(40)54-46/h3-31H,1-2H3. The Bertz CT molecular complexity index is 3060. The second kappa shape index (κ2) is 11.8. The van der Waals surface area contributed by atoms with Gasteiger partial charge in [0, 0.05) is 53.3 Å². The molecule has 10 aromatic rings. The van der Waals surface area contributed by atoms with Gasteiger partial charge < -0.3 is 9.32 Å². The molecule has 0 amide bonds. The lowest BCUT2D eigenvalue weighted by Gasteiger charge is -2.30.